The van der Waals surface area contributed by atoms with Gasteiger partial charge in [-0.25, -0.2) is 0 Å². The summed E-state index contributed by atoms with van der Waals surface area (Å²) in [6.45, 7) is 2.09. The molecule has 3 rings (SSSR count). The van der Waals surface area contributed by atoms with Crippen molar-refractivity contribution in [2.45, 2.75) is 42.4 Å². The van der Waals surface area contributed by atoms with Gasteiger partial charge in [-0.05, 0) is 40.4 Å². The number of nitrogens with zero attached hydrogens (tertiary/aromatic N) is 2. The van der Waals surface area contributed by atoms with Crippen LogP contribution in [0, 0.1) is 0 Å². The predicted octanol–water partition coefficient (Wildman–Crippen LogP) is 3.37. The summed E-state index contributed by atoms with van der Waals surface area (Å²) in [5, 5.41) is 15.4. The second-order valence-corrected chi connectivity index (χ2v) is 7.50. The lowest BCUT2D eigenvalue weighted by Crippen LogP contribution is -2.26. The third kappa shape index (κ3) is 2.91. The molecule has 112 valence electrons. The second kappa shape index (κ2) is 6.15. The summed E-state index contributed by atoms with van der Waals surface area (Å²) in [6.07, 6.45) is 2.11. The van der Waals surface area contributed by atoms with Gasteiger partial charge in [-0.2, -0.15) is 5.10 Å². The number of aromatic nitrogens is 2. The highest BCUT2D eigenvalue weighted by atomic mass is 79.9. The van der Waals surface area contributed by atoms with E-state index in [9.17, 15) is 5.11 Å². The van der Waals surface area contributed by atoms with Crippen molar-refractivity contribution in [2.75, 3.05) is 0 Å². The molecule has 1 aliphatic rings. The van der Waals surface area contributed by atoms with Crippen molar-refractivity contribution in [3.63, 3.8) is 0 Å². The number of benzene rings is 1. The van der Waals surface area contributed by atoms with Crippen LogP contribution in [0.3, 0.4) is 0 Å². The van der Waals surface area contributed by atoms with Crippen LogP contribution in [0.2, 0.25) is 0 Å². The minimum atomic E-state index is -0.362. The van der Waals surface area contributed by atoms with Gasteiger partial charge in [0.2, 0.25) is 0 Å². The molecule has 0 spiro atoms. The normalized spacial score (nSPS) is 18.8. The molecule has 3 nitrogen and oxygen atoms in total. The summed E-state index contributed by atoms with van der Waals surface area (Å²) in [7, 11) is 1.95. The molecule has 1 aromatic carbocycles. The Hall–Kier alpha value is -0.780. The molecule has 0 saturated carbocycles. The third-order valence-corrected chi connectivity index (χ3v) is 6.36. The Morgan fingerprint density at radius 1 is 1.48 bits per heavy atom. The van der Waals surface area contributed by atoms with Crippen molar-refractivity contribution in [3.8, 4) is 0 Å². The van der Waals surface area contributed by atoms with E-state index < -0.39 is 0 Å². The summed E-state index contributed by atoms with van der Waals surface area (Å²) in [4.78, 5) is 1.31. The van der Waals surface area contributed by atoms with Crippen molar-refractivity contribution in [2.24, 2.45) is 7.05 Å². The number of aryl methyl sites for hydroxylation is 2. The maximum Gasteiger partial charge on any atom is 0.0766 e. The maximum absolute atomic E-state index is 10.6. The summed E-state index contributed by atoms with van der Waals surface area (Å²) < 4.78 is 2.94. The van der Waals surface area contributed by atoms with Crippen LogP contribution < -0.4 is 0 Å². The smallest absolute Gasteiger partial charge is 0.0766 e. The van der Waals surface area contributed by atoms with E-state index in [2.05, 4.69) is 52.2 Å². The van der Waals surface area contributed by atoms with E-state index in [4.69, 9.17) is 0 Å². The van der Waals surface area contributed by atoms with Crippen LogP contribution in [-0.2, 0) is 26.3 Å². The number of aliphatic hydroxyl groups excluding tert-OH is 1. The first kappa shape index (κ1) is 15.1. The fraction of sp³-hybridized carbons (Fsp3) is 0.438. The molecule has 1 aliphatic heterocycles. The molecule has 2 unspecified atom stereocenters. The monoisotopic (exact) mass is 366 g/mol. The van der Waals surface area contributed by atoms with Gasteiger partial charge in [0.05, 0.1) is 22.0 Å². The van der Waals surface area contributed by atoms with Gasteiger partial charge >= 0.3 is 0 Å². The summed E-state index contributed by atoms with van der Waals surface area (Å²) >= 11 is 5.42. The number of thioether (sulfide) groups is 1. The molecule has 0 bridgehead atoms. The molecule has 1 N–H and O–H groups in total. The number of fused-ring (bicyclic) bond motifs is 1. The summed E-state index contributed by atoms with van der Waals surface area (Å²) in [6, 6.07) is 8.43. The van der Waals surface area contributed by atoms with Gasteiger partial charge in [-0.1, -0.05) is 25.1 Å². The average Bonchev–Trinajstić information content (AvgIpc) is 3.03. The lowest BCUT2D eigenvalue weighted by Gasteiger charge is -2.17. The standard InChI is InChI=1S/C16H19BrN2OS/c1-3-11-16(17)12(19(2)18-11)9-13(20)15-8-10-6-4-5-7-14(10)21-15/h4-7,13,15,20H,3,8-9H2,1-2H3. The summed E-state index contributed by atoms with van der Waals surface area (Å²) in [5.74, 6) is 0. The topological polar surface area (TPSA) is 38.0 Å². The van der Waals surface area contributed by atoms with Crippen molar-refractivity contribution in [1.82, 2.24) is 9.78 Å². The molecule has 2 heterocycles. The lowest BCUT2D eigenvalue weighted by atomic mass is 10.0. The number of halogens is 1. The summed E-state index contributed by atoms with van der Waals surface area (Å²) in [5.41, 5.74) is 3.49. The zero-order valence-electron chi connectivity index (χ0n) is 12.2. The van der Waals surface area contributed by atoms with E-state index in [1.807, 2.05) is 11.7 Å². The molecule has 0 aliphatic carbocycles. The molecule has 2 aromatic rings. The SMILES string of the molecule is CCc1nn(C)c(CC(O)C2Cc3ccccc3S2)c1Br. The minimum absolute atomic E-state index is 0.231. The molecule has 0 saturated heterocycles. The number of hydrogen-bond acceptors (Lipinski definition) is 3. The third-order valence-electron chi connectivity index (χ3n) is 4.01. The van der Waals surface area contributed by atoms with Crippen molar-refractivity contribution < 1.29 is 5.11 Å². The Kier molecular flexibility index (Phi) is 4.43. The molecule has 0 radical (unpaired) electrons. The van der Waals surface area contributed by atoms with Crippen molar-refractivity contribution in [1.29, 1.82) is 0 Å². The Labute approximate surface area is 137 Å². The molecular formula is C16H19BrN2OS. The largest absolute Gasteiger partial charge is 0.392 e. The van der Waals surface area contributed by atoms with Gasteiger partial charge in [0.25, 0.3) is 0 Å². The second-order valence-electron chi connectivity index (χ2n) is 5.42. The molecule has 2 atom stereocenters. The van der Waals surface area contributed by atoms with Crippen molar-refractivity contribution >= 4 is 27.7 Å². The first-order chi connectivity index (χ1) is 10.1. The van der Waals surface area contributed by atoms with Crippen LogP contribution in [0.5, 0.6) is 0 Å². The van der Waals surface area contributed by atoms with Crippen LogP contribution >= 0.6 is 27.7 Å². The van der Waals surface area contributed by atoms with Crippen LogP contribution in [-0.4, -0.2) is 26.2 Å². The molecule has 1 aromatic heterocycles. The lowest BCUT2D eigenvalue weighted by molar-refractivity contribution is 0.169. The average molecular weight is 367 g/mol. The Balaban J connectivity index is 1.74. The van der Waals surface area contributed by atoms with Gasteiger partial charge in [0.1, 0.15) is 0 Å². The van der Waals surface area contributed by atoms with Gasteiger partial charge in [-0.3, -0.25) is 4.68 Å². The molecule has 21 heavy (non-hydrogen) atoms. The number of aliphatic hydroxyl groups is 1. The zero-order valence-corrected chi connectivity index (χ0v) is 14.6. The number of hydrogen-bond donors (Lipinski definition) is 1. The Morgan fingerprint density at radius 3 is 2.90 bits per heavy atom. The van der Waals surface area contributed by atoms with E-state index in [-0.39, 0.29) is 11.4 Å². The fourth-order valence-electron chi connectivity index (χ4n) is 2.79. The van der Waals surface area contributed by atoms with E-state index in [1.165, 1.54) is 10.5 Å². The quantitative estimate of drug-likeness (QED) is 0.901. The molecule has 0 fully saturated rings. The van der Waals surface area contributed by atoms with Gasteiger partial charge < -0.3 is 5.11 Å². The predicted molar refractivity (Wildman–Crippen MR) is 89.8 cm³/mol. The van der Waals surface area contributed by atoms with Crippen LogP contribution in [0.25, 0.3) is 0 Å². The fourth-order valence-corrected chi connectivity index (χ4v) is 4.88. The highest BCUT2D eigenvalue weighted by Crippen LogP contribution is 2.39. The van der Waals surface area contributed by atoms with Gasteiger partial charge in [0.15, 0.2) is 0 Å². The molecular weight excluding hydrogens is 348 g/mol. The highest BCUT2D eigenvalue weighted by molar-refractivity contribution is 9.10. The van der Waals surface area contributed by atoms with E-state index >= 15 is 0 Å². The maximum atomic E-state index is 10.6. The van der Waals surface area contributed by atoms with Crippen LogP contribution in [0.1, 0.15) is 23.9 Å². The van der Waals surface area contributed by atoms with Gasteiger partial charge in [0, 0.05) is 23.6 Å². The number of rotatable bonds is 4. The first-order valence-corrected chi connectivity index (χ1v) is 8.90. The van der Waals surface area contributed by atoms with E-state index in [0.717, 1.165) is 28.7 Å². The first-order valence-electron chi connectivity index (χ1n) is 7.23. The minimum Gasteiger partial charge on any atom is -0.392 e. The van der Waals surface area contributed by atoms with Gasteiger partial charge in [-0.15, -0.1) is 11.8 Å². The zero-order chi connectivity index (χ0) is 15.0. The Morgan fingerprint density at radius 2 is 2.24 bits per heavy atom. The van der Waals surface area contributed by atoms with Crippen LogP contribution in [0.15, 0.2) is 33.6 Å². The van der Waals surface area contributed by atoms with E-state index in [0.29, 0.717) is 6.42 Å². The Bertz CT molecular complexity index is 631. The highest BCUT2D eigenvalue weighted by Gasteiger charge is 2.29. The van der Waals surface area contributed by atoms with Crippen molar-refractivity contribution in [3.05, 3.63) is 45.7 Å². The molecule has 0 amide bonds. The van der Waals surface area contributed by atoms with E-state index in [1.54, 1.807) is 11.8 Å². The molecule has 5 heteroatoms. The van der Waals surface area contributed by atoms with Crippen LogP contribution in [0.4, 0.5) is 0 Å².